The average molecular weight is 285 g/mol. The zero-order valence-electron chi connectivity index (χ0n) is 12.3. The number of aromatic nitrogens is 1. The Morgan fingerprint density at radius 2 is 2.29 bits per heavy atom. The lowest BCUT2D eigenvalue weighted by Gasteiger charge is -2.22. The zero-order chi connectivity index (χ0) is 15.4. The van der Waals surface area contributed by atoms with E-state index in [1.165, 1.54) is 0 Å². The highest BCUT2D eigenvalue weighted by Crippen LogP contribution is 2.19. The van der Waals surface area contributed by atoms with Gasteiger partial charge < -0.3 is 9.51 Å². The van der Waals surface area contributed by atoms with E-state index in [4.69, 9.17) is 5.11 Å². The molecule has 0 aliphatic carbocycles. The van der Waals surface area contributed by atoms with Crippen molar-refractivity contribution in [1.29, 1.82) is 5.26 Å². The molecule has 0 amide bonds. The van der Waals surface area contributed by atoms with Gasteiger partial charge in [-0.25, -0.2) is 0 Å². The summed E-state index contributed by atoms with van der Waals surface area (Å²) in [6.07, 6.45) is 3.86. The maximum absolute atomic E-state index is 11.0. The molecule has 0 saturated carbocycles. The van der Waals surface area contributed by atoms with Gasteiger partial charge in [-0.3, -0.25) is 9.69 Å². The lowest BCUT2D eigenvalue weighted by Crippen LogP contribution is -2.31. The molecule has 0 aliphatic heterocycles. The molecule has 1 N–H and O–H groups in total. The van der Waals surface area contributed by atoms with Crippen molar-refractivity contribution in [2.45, 2.75) is 20.4 Å². The molecule has 0 fully saturated rings. The summed E-state index contributed by atoms with van der Waals surface area (Å²) in [5.74, 6) is -1.22. The maximum atomic E-state index is 11.0. The minimum absolute atomic E-state index is 0.424. The lowest BCUT2D eigenvalue weighted by atomic mass is 10.1. The van der Waals surface area contributed by atoms with Crippen LogP contribution in [0.2, 0.25) is 0 Å². The van der Waals surface area contributed by atoms with Crippen molar-refractivity contribution >= 4 is 11.5 Å². The summed E-state index contributed by atoms with van der Waals surface area (Å²) in [6.45, 7) is 5.50. The molecular weight excluding hydrogens is 266 g/mol. The first-order valence-electron chi connectivity index (χ1n) is 7.00. The Morgan fingerprint density at radius 1 is 1.52 bits per heavy atom. The molecule has 1 atom stereocenters. The summed E-state index contributed by atoms with van der Waals surface area (Å²) in [4.78, 5) is 13.0. The number of pyridine rings is 1. The fourth-order valence-electron chi connectivity index (χ4n) is 2.44. The van der Waals surface area contributed by atoms with Crippen molar-refractivity contribution < 1.29 is 9.90 Å². The number of rotatable bonds is 6. The molecule has 0 aliphatic rings. The van der Waals surface area contributed by atoms with Crippen LogP contribution in [0.3, 0.4) is 0 Å². The third-order valence-electron chi connectivity index (χ3n) is 3.67. The van der Waals surface area contributed by atoms with E-state index in [0.29, 0.717) is 18.7 Å². The first-order valence-corrected chi connectivity index (χ1v) is 7.00. The second kappa shape index (κ2) is 6.42. The van der Waals surface area contributed by atoms with Gasteiger partial charge in [0, 0.05) is 31.0 Å². The number of hydrogen-bond acceptors (Lipinski definition) is 3. The van der Waals surface area contributed by atoms with Gasteiger partial charge in [0.2, 0.25) is 0 Å². The number of nitrogens with zero attached hydrogens (tertiary/aromatic N) is 3. The summed E-state index contributed by atoms with van der Waals surface area (Å²) >= 11 is 0. The Labute approximate surface area is 124 Å². The smallest absolute Gasteiger partial charge is 0.307 e. The van der Waals surface area contributed by atoms with E-state index in [1.807, 2.05) is 41.9 Å². The number of fused-ring (bicyclic) bond motifs is 1. The van der Waals surface area contributed by atoms with E-state index in [1.54, 1.807) is 6.92 Å². The molecule has 0 aromatic carbocycles. The van der Waals surface area contributed by atoms with Crippen LogP contribution in [0.25, 0.3) is 5.52 Å². The standard InChI is InChI=1S/C16H19N3O2/c1-3-18(9-12(2)16(20)21)10-13-11-19-7-5-4-6-15(19)14(13)8-17/h4-7,11-12H,3,9-10H2,1-2H3,(H,20,21). The van der Waals surface area contributed by atoms with Crippen molar-refractivity contribution in [1.82, 2.24) is 9.30 Å². The average Bonchev–Trinajstić information content (AvgIpc) is 2.83. The van der Waals surface area contributed by atoms with E-state index >= 15 is 0 Å². The second-order valence-electron chi connectivity index (χ2n) is 5.20. The molecule has 5 heteroatoms. The Hall–Kier alpha value is -2.32. The molecule has 21 heavy (non-hydrogen) atoms. The third-order valence-corrected chi connectivity index (χ3v) is 3.67. The number of hydrogen-bond donors (Lipinski definition) is 1. The minimum atomic E-state index is -0.795. The summed E-state index contributed by atoms with van der Waals surface area (Å²) in [6, 6.07) is 8.00. The van der Waals surface area contributed by atoms with E-state index in [2.05, 4.69) is 11.0 Å². The molecular formula is C16H19N3O2. The highest BCUT2D eigenvalue weighted by Gasteiger charge is 2.18. The van der Waals surface area contributed by atoms with Gasteiger partial charge >= 0.3 is 5.97 Å². The molecule has 2 rings (SSSR count). The highest BCUT2D eigenvalue weighted by atomic mass is 16.4. The predicted octanol–water partition coefficient (Wildman–Crippen LogP) is 2.35. The number of aliphatic carboxylic acids is 1. The number of nitriles is 1. The molecule has 0 saturated heterocycles. The Kier molecular flexibility index (Phi) is 4.61. The van der Waals surface area contributed by atoms with Gasteiger partial charge in [0.25, 0.3) is 0 Å². The fraction of sp³-hybridized carbons (Fsp3) is 0.375. The van der Waals surface area contributed by atoms with Crippen LogP contribution in [0.15, 0.2) is 30.6 Å². The van der Waals surface area contributed by atoms with Crippen LogP contribution < -0.4 is 0 Å². The normalized spacial score (nSPS) is 12.5. The van der Waals surface area contributed by atoms with Crippen LogP contribution in [-0.4, -0.2) is 33.5 Å². The third kappa shape index (κ3) is 3.23. The van der Waals surface area contributed by atoms with Crippen LogP contribution in [0.4, 0.5) is 0 Å². The van der Waals surface area contributed by atoms with Gasteiger partial charge in [-0.2, -0.15) is 5.26 Å². The van der Waals surface area contributed by atoms with Gasteiger partial charge in [0.05, 0.1) is 17.0 Å². The van der Waals surface area contributed by atoms with Crippen molar-refractivity contribution in [3.8, 4) is 6.07 Å². The van der Waals surface area contributed by atoms with Gasteiger partial charge in [0.1, 0.15) is 6.07 Å². The molecule has 0 spiro atoms. The van der Waals surface area contributed by atoms with Crippen molar-refractivity contribution in [3.05, 3.63) is 41.7 Å². The number of carbonyl (C=O) groups is 1. The Balaban J connectivity index is 2.25. The van der Waals surface area contributed by atoms with Crippen molar-refractivity contribution in [2.75, 3.05) is 13.1 Å². The summed E-state index contributed by atoms with van der Waals surface area (Å²) in [5, 5.41) is 18.4. The largest absolute Gasteiger partial charge is 0.481 e. The maximum Gasteiger partial charge on any atom is 0.307 e. The van der Waals surface area contributed by atoms with E-state index in [9.17, 15) is 10.1 Å². The molecule has 110 valence electrons. The van der Waals surface area contributed by atoms with E-state index in [0.717, 1.165) is 17.6 Å². The number of carboxylic acid groups (broad SMARTS) is 1. The predicted molar refractivity (Wildman–Crippen MR) is 79.9 cm³/mol. The lowest BCUT2D eigenvalue weighted by molar-refractivity contribution is -0.141. The zero-order valence-corrected chi connectivity index (χ0v) is 12.3. The summed E-state index contributed by atoms with van der Waals surface area (Å²) < 4.78 is 1.93. The van der Waals surface area contributed by atoms with Gasteiger partial charge in [-0.15, -0.1) is 0 Å². The van der Waals surface area contributed by atoms with Crippen LogP contribution in [0.1, 0.15) is 25.0 Å². The molecule has 0 bridgehead atoms. The van der Waals surface area contributed by atoms with Crippen LogP contribution in [0.5, 0.6) is 0 Å². The van der Waals surface area contributed by atoms with E-state index in [-0.39, 0.29) is 0 Å². The minimum Gasteiger partial charge on any atom is -0.481 e. The van der Waals surface area contributed by atoms with E-state index < -0.39 is 11.9 Å². The monoisotopic (exact) mass is 285 g/mol. The fourth-order valence-corrected chi connectivity index (χ4v) is 2.44. The van der Waals surface area contributed by atoms with Crippen LogP contribution >= 0.6 is 0 Å². The van der Waals surface area contributed by atoms with Crippen molar-refractivity contribution in [3.63, 3.8) is 0 Å². The van der Waals surface area contributed by atoms with Crippen LogP contribution in [-0.2, 0) is 11.3 Å². The second-order valence-corrected chi connectivity index (χ2v) is 5.20. The SMILES string of the molecule is CCN(Cc1cn2ccccc2c1C#N)CC(C)C(=O)O. The molecule has 5 nitrogen and oxygen atoms in total. The van der Waals surface area contributed by atoms with Gasteiger partial charge in [0.15, 0.2) is 0 Å². The van der Waals surface area contributed by atoms with Gasteiger partial charge in [-0.1, -0.05) is 19.9 Å². The Morgan fingerprint density at radius 3 is 2.90 bits per heavy atom. The molecule has 2 aromatic heterocycles. The topological polar surface area (TPSA) is 68.7 Å². The number of carboxylic acids is 1. The quantitative estimate of drug-likeness (QED) is 0.884. The molecule has 0 radical (unpaired) electrons. The first kappa shape index (κ1) is 15.1. The summed E-state index contributed by atoms with van der Waals surface area (Å²) in [7, 11) is 0. The van der Waals surface area contributed by atoms with Crippen LogP contribution in [0, 0.1) is 17.2 Å². The molecule has 2 heterocycles. The molecule has 2 aromatic rings. The first-order chi connectivity index (χ1) is 10.1. The molecule has 1 unspecified atom stereocenters. The Bertz CT molecular complexity index is 684. The summed E-state index contributed by atoms with van der Waals surface area (Å²) in [5.41, 5.74) is 2.48. The van der Waals surface area contributed by atoms with Crippen molar-refractivity contribution in [2.24, 2.45) is 5.92 Å². The highest BCUT2D eigenvalue weighted by molar-refractivity contribution is 5.69. The van der Waals surface area contributed by atoms with Gasteiger partial charge in [-0.05, 0) is 18.7 Å².